The molecule has 1 heterocycles. The molecule has 1 fully saturated rings. The molecule has 0 radical (unpaired) electrons. The number of amides is 1. The van der Waals surface area contributed by atoms with Gasteiger partial charge in [0.05, 0.1) is 17.9 Å². The minimum absolute atomic E-state index is 0.303. The number of anilines is 1. The molecule has 1 aromatic carbocycles. The second-order valence-electron chi connectivity index (χ2n) is 5.58. The van der Waals surface area contributed by atoms with E-state index >= 15 is 0 Å². The summed E-state index contributed by atoms with van der Waals surface area (Å²) in [5, 5.41) is 11.6. The average Bonchev–Trinajstić information content (AvgIpc) is 2.93. The SMILES string of the molecule is CC(C(=O)Nc1ccccc1)N1C[C@@H](C(F)(F)F)[C@H](C(=O)O)C1. The fourth-order valence-electron chi connectivity index (χ4n) is 2.67. The number of nitrogens with one attached hydrogen (secondary N) is 1. The molecule has 8 heteroatoms. The third kappa shape index (κ3) is 4.01. The summed E-state index contributed by atoms with van der Waals surface area (Å²) in [6.07, 6.45) is -4.60. The Bertz CT molecular complexity index is 577. The van der Waals surface area contributed by atoms with Gasteiger partial charge in [0.2, 0.25) is 5.91 Å². The van der Waals surface area contributed by atoms with E-state index in [0.717, 1.165) is 0 Å². The predicted molar refractivity (Wildman–Crippen MR) is 76.8 cm³/mol. The molecular formula is C15H17F3N2O3. The lowest BCUT2D eigenvalue weighted by molar-refractivity contribution is -0.188. The van der Waals surface area contributed by atoms with Crippen LogP contribution in [0.4, 0.5) is 18.9 Å². The van der Waals surface area contributed by atoms with Gasteiger partial charge in [-0.25, -0.2) is 0 Å². The second-order valence-corrected chi connectivity index (χ2v) is 5.58. The molecule has 23 heavy (non-hydrogen) atoms. The van der Waals surface area contributed by atoms with E-state index in [4.69, 9.17) is 5.11 Å². The van der Waals surface area contributed by atoms with E-state index in [1.807, 2.05) is 0 Å². The van der Waals surface area contributed by atoms with Crippen molar-refractivity contribution in [2.24, 2.45) is 11.8 Å². The van der Waals surface area contributed by atoms with Crippen LogP contribution in [0.1, 0.15) is 6.92 Å². The number of nitrogens with zero attached hydrogens (tertiary/aromatic N) is 1. The number of benzene rings is 1. The van der Waals surface area contributed by atoms with E-state index < -0.39 is 42.5 Å². The lowest BCUT2D eigenvalue weighted by atomic mass is 9.96. The van der Waals surface area contributed by atoms with Gasteiger partial charge in [0, 0.05) is 18.8 Å². The third-order valence-corrected chi connectivity index (χ3v) is 4.05. The summed E-state index contributed by atoms with van der Waals surface area (Å²) in [5.74, 6) is -5.48. The summed E-state index contributed by atoms with van der Waals surface area (Å²) in [6, 6.07) is 7.67. The molecule has 0 spiro atoms. The van der Waals surface area contributed by atoms with Gasteiger partial charge in [0.1, 0.15) is 0 Å². The van der Waals surface area contributed by atoms with Crippen LogP contribution in [0.15, 0.2) is 30.3 Å². The van der Waals surface area contributed by atoms with Crippen molar-refractivity contribution in [3.63, 3.8) is 0 Å². The van der Waals surface area contributed by atoms with Crippen molar-refractivity contribution < 1.29 is 27.9 Å². The van der Waals surface area contributed by atoms with Gasteiger partial charge in [-0.2, -0.15) is 13.2 Å². The van der Waals surface area contributed by atoms with Crippen LogP contribution in [0.25, 0.3) is 0 Å². The Morgan fingerprint density at radius 1 is 1.26 bits per heavy atom. The highest BCUT2D eigenvalue weighted by Crippen LogP contribution is 2.38. The molecule has 1 amide bonds. The maximum atomic E-state index is 13.0. The number of carbonyl (C=O) groups excluding carboxylic acids is 1. The number of rotatable bonds is 4. The molecule has 2 rings (SSSR count). The zero-order valence-corrected chi connectivity index (χ0v) is 12.4. The van der Waals surface area contributed by atoms with Crippen LogP contribution in [-0.4, -0.2) is 47.2 Å². The molecule has 126 valence electrons. The fourth-order valence-corrected chi connectivity index (χ4v) is 2.67. The van der Waals surface area contributed by atoms with Crippen molar-refractivity contribution in [2.75, 3.05) is 18.4 Å². The molecule has 0 saturated carbocycles. The van der Waals surface area contributed by atoms with Gasteiger partial charge in [0.25, 0.3) is 0 Å². The van der Waals surface area contributed by atoms with Crippen molar-refractivity contribution in [1.82, 2.24) is 4.90 Å². The molecule has 1 aliphatic heterocycles. The number of halogens is 3. The molecule has 5 nitrogen and oxygen atoms in total. The topological polar surface area (TPSA) is 69.6 Å². The minimum Gasteiger partial charge on any atom is -0.481 e. The van der Waals surface area contributed by atoms with Crippen LogP contribution in [0, 0.1) is 11.8 Å². The van der Waals surface area contributed by atoms with Crippen LogP contribution in [0.2, 0.25) is 0 Å². The van der Waals surface area contributed by atoms with E-state index in [2.05, 4.69) is 5.32 Å². The smallest absolute Gasteiger partial charge is 0.393 e. The van der Waals surface area contributed by atoms with Crippen molar-refractivity contribution in [2.45, 2.75) is 19.1 Å². The lowest BCUT2D eigenvalue weighted by Crippen LogP contribution is -2.41. The summed E-state index contributed by atoms with van der Waals surface area (Å²) >= 11 is 0. The van der Waals surface area contributed by atoms with E-state index in [9.17, 15) is 22.8 Å². The predicted octanol–water partition coefficient (Wildman–Crippen LogP) is 2.21. The Labute approximate surface area is 131 Å². The summed E-state index contributed by atoms with van der Waals surface area (Å²) in [7, 11) is 0. The molecule has 0 aliphatic carbocycles. The highest BCUT2D eigenvalue weighted by Gasteiger charge is 2.53. The second kappa shape index (κ2) is 6.57. The first-order valence-electron chi connectivity index (χ1n) is 7.09. The van der Waals surface area contributed by atoms with E-state index in [1.165, 1.54) is 11.8 Å². The maximum absolute atomic E-state index is 13.0. The fraction of sp³-hybridized carbons (Fsp3) is 0.467. The van der Waals surface area contributed by atoms with Crippen LogP contribution in [0.5, 0.6) is 0 Å². The molecule has 3 atom stereocenters. The first-order valence-corrected chi connectivity index (χ1v) is 7.09. The van der Waals surface area contributed by atoms with Crippen molar-refractivity contribution in [1.29, 1.82) is 0 Å². The summed E-state index contributed by atoms with van der Waals surface area (Å²) in [5.41, 5.74) is 0.533. The molecule has 2 N–H and O–H groups in total. The Kier molecular flexibility index (Phi) is 4.93. The van der Waals surface area contributed by atoms with Gasteiger partial charge in [0.15, 0.2) is 0 Å². The van der Waals surface area contributed by atoms with Crippen LogP contribution in [0.3, 0.4) is 0 Å². The molecule has 1 unspecified atom stereocenters. The number of aliphatic carboxylic acids is 1. The Morgan fingerprint density at radius 2 is 1.87 bits per heavy atom. The highest BCUT2D eigenvalue weighted by atomic mass is 19.4. The normalized spacial score (nSPS) is 23.5. The summed E-state index contributed by atoms with van der Waals surface area (Å²) in [4.78, 5) is 24.5. The number of likely N-dealkylation sites (tertiary alicyclic amines) is 1. The van der Waals surface area contributed by atoms with E-state index in [0.29, 0.717) is 5.69 Å². The Morgan fingerprint density at radius 3 is 2.35 bits per heavy atom. The van der Waals surface area contributed by atoms with Crippen LogP contribution >= 0.6 is 0 Å². The Hall–Kier alpha value is -2.09. The highest BCUT2D eigenvalue weighted by molar-refractivity contribution is 5.94. The average molecular weight is 330 g/mol. The van der Waals surface area contributed by atoms with Gasteiger partial charge in [-0.3, -0.25) is 14.5 Å². The first kappa shape index (κ1) is 17.3. The number of alkyl halides is 3. The summed E-state index contributed by atoms with van der Waals surface area (Å²) in [6.45, 7) is 0.669. The third-order valence-electron chi connectivity index (χ3n) is 4.05. The number of hydrogen-bond donors (Lipinski definition) is 2. The van der Waals surface area contributed by atoms with Gasteiger partial charge in [-0.15, -0.1) is 0 Å². The lowest BCUT2D eigenvalue weighted by Gasteiger charge is -2.23. The molecule has 0 bridgehead atoms. The van der Waals surface area contributed by atoms with Crippen molar-refractivity contribution in [3.8, 4) is 0 Å². The van der Waals surface area contributed by atoms with Crippen LogP contribution in [-0.2, 0) is 9.59 Å². The Balaban J connectivity index is 2.06. The maximum Gasteiger partial charge on any atom is 0.393 e. The number of carbonyl (C=O) groups is 2. The largest absolute Gasteiger partial charge is 0.481 e. The summed E-state index contributed by atoms with van der Waals surface area (Å²) < 4.78 is 38.9. The first-order chi connectivity index (χ1) is 10.7. The quantitative estimate of drug-likeness (QED) is 0.888. The van der Waals surface area contributed by atoms with Crippen molar-refractivity contribution in [3.05, 3.63) is 30.3 Å². The zero-order chi connectivity index (χ0) is 17.2. The van der Waals surface area contributed by atoms with Crippen LogP contribution < -0.4 is 5.32 Å². The van der Waals surface area contributed by atoms with Crippen molar-refractivity contribution >= 4 is 17.6 Å². The number of para-hydroxylation sites is 1. The number of carboxylic acid groups (broad SMARTS) is 1. The molecular weight excluding hydrogens is 313 g/mol. The van der Waals surface area contributed by atoms with Gasteiger partial charge in [-0.05, 0) is 19.1 Å². The molecule has 0 aromatic heterocycles. The molecule has 1 aromatic rings. The number of carboxylic acids is 1. The van der Waals surface area contributed by atoms with Gasteiger partial charge < -0.3 is 10.4 Å². The van der Waals surface area contributed by atoms with Gasteiger partial charge >= 0.3 is 12.1 Å². The monoisotopic (exact) mass is 330 g/mol. The zero-order valence-electron chi connectivity index (χ0n) is 12.4. The number of hydrogen-bond acceptors (Lipinski definition) is 3. The van der Waals surface area contributed by atoms with Gasteiger partial charge in [-0.1, -0.05) is 18.2 Å². The van der Waals surface area contributed by atoms with E-state index in [-0.39, 0.29) is 6.54 Å². The molecule has 1 aliphatic rings. The van der Waals surface area contributed by atoms with E-state index in [1.54, 1.807) is 30.3 Å². The standard InChI is InChI=1S/C15H17F3N2O3/c1-9(13(21)19-10-5-3-2-4-6-10)20-7-11(14(22)23)12(8-20)15(16,17)18/h2-6,9,11-12H,7-8H2,1H3,(H,19,21)(H,22,23)/t9?,11-,12-/m1/s1. The molecule has 1 saturated heterocycles. The minimum atomic E-state index is -4.60.